The first-order valence-corrected chi connectivity index (χ1v) is 10.3. The van der Waals surface area contributed by atoms with Crippen LogP contribution in [0.15, 0.2) is 24.5 Å². The highest BCUT2D eigenvalue weighted by Gasteiger charge is 2.30. The Labute approximate surface area is 174 Å². The SMILES string of the molecule is COc1cc(-c2nn(C3CCNCC3)c3ncnc(N)c23)ccc1NC(=O)C1CC1. The van der Waals surface area contributed by atoms with Crippen molar-refractivity contribution in [3.63, 3.8) is 0 Å². The number of nitrogen functional groups attached to an aromatic ring is 1. The summed E-state index contributed by atoms with van der Waals surface area (Å²) >= 11 is 0. The average molecular weight is 407 g/mol. The lowest BCUT2D eigenvalue weighted by atomic mass is 10.1. The Morgan fingerprint density at radius 3 is 2.77 bits per heavy atom. The van der Waals surface area contributed by atoms with Crippen molar-refractivity contribution in [1.82, 2.24) is 25.1 Å². The fourth-order valence-corrected chi connectivity index (χ4v) is 4.03. The third-order valence-corrected chi connectivity index (χ3v) is 5.85. The van der Waals surface area contributed by atoms with Crippen molar-refractivity contribution in [2.75, 3.05) is 31.2 Å². The molecule has 156 valence electrons. The highest BCUT2D eigenvalue weighted by atomic mass is 16.5. The minimum absolute atomic E-state index is 0.0410. The number of hydrogen-bond acceptors (Lipinski definition) is 7. The summed E-state index contributed by atoms with van der Waals surface area (Å²) < 4.78 is 7.54. The number of ether oxygens (including phenoxy) is 1. The molecule has 9 heteroatoms. The molecule has 1 saturated carbocycles. The minimum Gasteiger partial charge on any atom is -0.495 e. The van der Waals surface area contributed by atoms with Crippen molar-refractivity contribution in [2.45, 2.75) is 31.7 Å². The van der Waals surface area contributed by atoms with E-state index in [1.54, 1.807) is 7.11 Å². The van der Waals surface area contributed by atoms with Crippen LogP contribution >= 0.6 is 0 Å². The van der Waals surface area contributed by atoms with E-state index in [0.717, 1.165) is 61.1 Å². The molecule has 3 aromatic rings. The Kier molecular flexibility index (Phi) is 4.74. The second-order valence-electron chi connectivity index (χ2n) is 7.91. The number of piperidine rings is 1. The van der Waals surface area contributed by atoms with Crippen LogP contribution in [0, 0.1) is 5.92 Å². The number of nitrogens with one attached hydrogen (secondary N) is 2. The Morgan fingerprint density at radius 2 is 2.03 bits per heavy atom. The van der Waals surface area contributed by atoms with Crippen molar-refractivity contribution < 1.29 is 9.53 Å². The van der Waals surface area contributed by atoms with E-state index in [1.807, 2.05) is 22.9 Å². The molecule has 0 radical (unpaired) electrons. The summed E-state index contributed by atoms with van der Waals surface area (Å²) in [6.45, 7) is 1.90. The van der Waals surface area contributed by atoms with Gasteiger partial charge in [-0.1, -0.05) is 6.07 Å². The zero-order chi connectivity index (χ0) is 20.7. The molecule has 5 rings (SSSR count). The number of hydrogen-bond donors (Lipinski definition) is 3. The van der Waals surface area contributed by atoms with Gasteiger partial charge in [0.25, 0.3) is 0 Å². The molecule has 0 unspecified atom stereocenters. The van der Waals surface area contributed by atoms with E-state index < -0.39 is 0 Å². The predicted molar refractivity (Wildman–Crippen MR) is 114 cm³/mol. The number of methoxy groups -OCH3 is 1. The minimum atomic E-state index is 0.0410. The van der Waals surface area contributed by atoms with E-state index in [0.29, 0.717) is 17.3 Å². The predicted octanol–water partition coefficient (Wildman–Crippen LogP) is 2.36. The third-order valence-electron chi connectivity index (χ3n) is 5.85. The molecule has 2 fully saturated rings. The molecule has 3 heterocycles. The monoisotopic (exact) mass is 407 g/mol. The summed E-state index contributed by atoms with van der Waals surface area (Å²) in [5.74, 6) is 1.15. The number of rotatable bonds is 5. The largest absolute Gasteiger partial charge is 0.495 e. The first-order chi connectivity index (χ1) is 14.7. The fraction of sp³-hybridized carbons (Fsp3) is 0.429. The van der Waals surface area contributed by atoms with Gasteiger partial charge in [-0.25, -0.2) is 14.6 Å². The maximum absolute atomic E-state index is 12.2. The molecule has 1 amide bonds. The van der Waals surface area contributed by atoms with Crippen molar-refractivity contribution in [2.24, 2.45) is 5.92 Å². The maximum Gasteiger partial charge on any atom is 0.227 e. The molecule has 9 nitrogen and oxygen atoms in total. The average Bonchev–Trinajstić information content (AvgIpc) is 3.55. The lowest BCUT2D eigenvalue weighted by Crippen LogP contribution is -2.30. The Hall–Kier alpha value is -3.20. The molecule has 1 saturated heterocycles. The van der Waals surface area contributed by atoms with Crippen molar-refractivity contribution in [3.05, 3.63) is 24.5 Å². The van der Waals surface area contributed by atoms with Crippen molar-refractivity contribution >= 4 is 28.4 Å². The van der Waals surface area contributed by atoms with Crippen LogP contribution in [0.1, 0.15) is 31.7 Å². The molecule has 4 N–H and O–H groups in total. The van der Waals surface area contributed by atoms with Crippen LogP contribution in [0.25, 0.3) is 22.3 Å². The van der Waals surface area contributed by atoms with Crippen molar-refractivity contribution in [3.8, 4) is 17.0 Å². The van der Waals surface area contributed by atoms with E-state index in [9.17, 15) is 4.79 Å². The van der Waals surface area contributed by atoms with Gasteiger partial charge in [0.15, 0.2) is 5.65 Å². The zero-order valence-corrected chi connectivity index (χ0v) is 16.9. The number of carbonyl (C=O) groups is 1. The summed E-state index contributed by atoms with van der Waals surface area (Å²) in [4.78, 5) is 20.9. The topological polar surface area (TPSA) is 120 Å². The molecule has 1 aromatic carbocycles. The Morgan fingerprint density at radius 1 is 1.23 bits per heavy atom. The number of fused-ring (bicyclic) bond motifs is 1. The second kappa shape index (κ2) is 7.56. The van der Waals surface area contributed by atoms with E-state index >= 15 is 0 Å². The first kappa shape index (κ1) is 18.8. The summed E-state index contributed by atoms with van der Waals surface area (Å²) in [6, 6.07) is 5.91. The highest BCUT2D eigenvalue weighted by Crippen LogP contribution is 2.38. The first-order valence-electron chi connectivity index (χ1n) is 10.3. The third kappa shape index (κ3) is 3.35. The second-order valence-corrected chi connectivity index (χ2v) is 7.91. The van der Waals surface area contributed by atoms with Gasteiger partial charge < -0.3 is 21.1 Å². The highest BCUT2D eigenvalue weighted by molar-refractivity contribution is 6.00. The van der Waals surface area contributed by atoms with Crippen LogP contribution in [0.2, 0.25) is 0 Å². The van der Waals surface area contributed by atoms with Crippen LogP contribution in [0.5, 0.6) is 5.75 Å². The van der Waals surface area contributed by atoms with Crippen LogP contribution in [0.3, 0.4) is 0 Å². The molecule has 1 aliphatic heterocycles. The van der Waals surface area contributed by atoms with Gasteiger partial charge in [0.2, 0.25) is 5.91 Å². The smallest absolute Gasteiger partial charge is 0.227 e. The van der Waals surface area contributed by atoms with Crippen LogP contribution in [-0.4, -0.2) is 45.9 Å². The zero-order valence-electron chi connectivity index (χ0n) is 16.9. The summed E-state index contributed by atoms with van der Waals surface area (Å²) in [5, 5.41) is 12.0. The maximum atomic E-state index is 12.2. The summed E-state index contributed by atoms with van der Waals surface area (Å²) in [5.41, 5.74) is 9.21. The number of benzene rings is 1. The molecule has 0 atom stereocenters. The number of carbonyl (C=O) groups excluding carboxylic acids is 1. The van der Waals surface area contributed by atoms with Gasteiger partial charge in [-0.3, -0.25) is 4.79 Å². The summed E-state index contributed by atoms with van der Waals surface area (Å²) in [6.07, 6.45) is 5.35. The van der Waals surface area contributed by atoms with Gasteiger partial charge in [0.05, 0.1) is 24.2 Å². The molecular weight excluding hydrogens is 382 g/mol. The van der Waals surface area contributed by atoms with Crippen molar-refractivity contribution in [1.29, 1.82) is 0 Å². The molecule has 0 bridgehead atoms. The van der Waals surface area contributed by atoms with Gasteiger partial charge in [-0.2, -0.15) is 5.10 Å². The van der Waals surface area contributed by atoms with E-state index in [1.165, 1.54) is 6.33 Å². The number of nitrogens with zero attached hydrogens (tertiary/aromatic N) is 4. The Bertz CT molecular complexity index is 1100. The van der Waals surface area contributed by atoms with Gasteiger partial charge in [-0.15, -0.1) is 0 Å². The molecule has 30 heavy (non-hydrogen) atoms. The van der Waals surface area contributed by atoms with E-state index in [4.69, 9.17) is 15.6 Å². The molecular formula is C21H25N7O2. The quantitative estimate of drug-likeness (QED) is 0.594. The van der Waals surface area contributed by atoms with Crippen LogP contribution < -0.4 is 21.1 Å². The van der Waals surface area contributed by atoms with Gasteiger partial charge >= 0.3 is 0 Å². The normalized spacial score (nSPS) is 17.2. The van der Waals surface area contributed by atoms with Crippen LogP contribution in [-0.2, 0) is 4.79 Å². The molecule has 2 aromatic heterocycles. The molecule has 2 aliphatic rings. The van der Waals surface area contributed by atoms with Gasteiger partial charge in [0.1, 0.15) is 23.6 Å². The number of amides is 1. The van der Waals surface area contributed by atoms with E-state index in [2.05, 4.69) is 20.6 Å². The van der Waals surface area contributed by atoms with Crippen LogP contribution in [0.4, 0.5) is 11.5 Å². The van der Waals surface area contributed by atoms with E-state index in [-0.39, 0.29) is 17.9 Å². The lowest BCUT2D eigenvalue weighted by Gasteiger charge is -2.23. The van der Waals surface area contributed by atoms with Gasteiger partial charge in [0, 0.05) is 11.5 Å². The molecule has 1 aliphatic carbocycles. The standard InChI is InChI=1S/C21H25N7O2/c1-30-16-10-13(4-5-15(16)26-21(29)12-2-3-12)18-17-19(22)24-11-25-20(17)28(27-18)14-6-8-23-9-7-14/h4-5,10-12,14,23H,2-3,6-9H2,1H3,(H,26,29)(H2,22,24,25). The number of aromatic nitrogens is 4. The number of nitrogens with two attached hydrogens (primary N) is 1. The molecule has 0 spiro atoms. The number of anilines is 2. The fourth-order valence-electron chi connectivity index (χ4n) is 4.03. The lowest BCUT2D eigenvalue weighted by molar-refractivity contribution is -0.117. The summed E-state index contributed by atoms with van der Waals surface area (Å²) in [7, 11) is 1.59. The Balaban J connectivity index is 1.57. The van der Waals surface area contributed by atoms with Gasteiger partial charge in [-0.05, 0) is 50.9 Å².